The van der Waals surface area contributed by atoms with Crippen molar-refractivity contribution in [3.05, 3.63) is 0 Å². The third-order valence-corrected chi connectivity index (χ3v) is 3.27. The molecule has 0 aromatic rings. The summed E-state index contributed by atoms with van der Waals surface area (Å²) in [5.41, 5.74) is 0. The van der Waals surface area contributed by atoms with Crippen LogP contribution in [0.2, 0.25) is 0 Å². The minimum Gasteiger partial charge on any atom is -0.370 e. The molecule has 0 unspecified atom stereocenters. The smallest absolute Gasteiger partial charge is 0.140 e. The molecule has 1 rings (SSSR count). The van der Waals surface area contributed by atoms with Gasteiger partial charge in [-0.3, -0.25) is 0 Å². The molecular weight excluding hydrogens is 212 g/mol. The quantitative estimate of drug-likeness (QED) is 0.404. The predicted molar refractivity (Wildman–Crippen MR) is 71.5 cm³/mol. The number of likely N-dealkylation sites (N-methyl/N-ethyl adjacent to an activating group) is 1. The highest BCUT2D eigenvalue weighted by molar-refractivity contribution is 4.99. The molecular formula is C14H28N2O+2. The molecule has 3 heteroatoms. The minimum atomic E-state index is 0.889. The predicted octanol–water partition coefficient (Wildman–Crippen LogP) is 0.953. The first-order valence-electron chi connectivity index (χ1n) is 6.59. The first-order valence-corrected chi connectivity index (χ1v) is 6.59. The third-order valence-electron chi connectivity index (χ3n) is 3.27. The molecule has 0 spiro atoms. The highest BCUT2D eigenvalue weighted by Crippen LogP contribution is 2.06. The van der Waals surface area contributed by atoms with E-state index in [2.05, 4.69) is 40.0 Å². The Kier molecular flexibility index (Phi) is 5.45. The molecule has 0 amide bonds. The van der Waals surface area contributed by atoms with Crippen LogP contribution in [-0.2, 0) is 4.74 Å². The third kappa shape index (κ3) is 6.68. The number of nitrogens with zero attached hydrogens (tertiary/aromatic N) is 2. The zero-order chi connectivity index (χ0) is 12.8. The Morgan fingerprint density at radius 2 is 1.76 bits per heavy atom. The highest BCUT2D eigenvalue weighted by atomic mass is 16.5. The Morgan fingerprint density at radius 3 is 2.35 bits per heavy atom. The summed E-state index contributed by atoms with van der Waals surface area (Å²) in [6.07, 6.45) is 2.23. The van der Waals surface area contributed by atoms with Crippen molar-refractivity contribution in [1.29, 1.82) is 0 Å². The molecule has 0 aromatic heterocycles. The van der Waals surface area contributed by atoms with E-state index in [4.69, 9.17) is 4.74 Å². The number of hydrogen-bond donors (Lipinski definition) is 0. The Bertz CT molecular complexity index is 277. The molecule has 0 bridgehead atoms. The monoisotopic (exact) mass is 240 g/mol. The van der Waals surface area contributed by atoms with Crippen molar-refractivity contribution in [2.24, 2.45) is 0 Å². The Morgan fingerprint density at radius 1 is 1.12 bits per heavy atom. The van der Waals surface area contributed by atoms with E-state index in [1.807, 2.05) is 0 Å². The summed E-state index contributed by atoms with van der Waals surface area (Å²) in [6, 6.07) is 0. The molecule has 1 aliphatic heterocycles. The van der Waals surface area contributed by atoms with Gasteiger partial charge >= 0.3 is 0 Å². The lowest BCUT2D eigenvalue weighted by atomic mass is 10.2. The molecule has 0 radical (unpaired) electrons. The normalized spacial score (nSPS) is 19.5. The van der Waals surface area contributed by atoms with E-state index < -0.39 is 0 Å². The van der Waals surface area contributed by atoms with Gasteiger partial charge in [-0.15, -0.1) is 0 Å². The molecule has 0 saturated carbocycles. The van der Waals surface area contributed by atoms with E-state index in [-0.39, 0.29) is 0 Å². The summed E-state index contributed by atoms with van der Waals surface area (Å²) >= 11 is 0. The van der Waals surface area contributed by atoms with Gasteiger partial charge < -0.3 is 13.7 Å². The maximum absolute atomic E-state index is 5.38. The molecule has 0 aliphatic carbocycles. The fourth-order valence-electron chi connectivity index (χ4n) is 1.92. The summed E-state index contributed by atoms with van der Waals surface area (Å²) in [7, 11) is 8.97. The van der Waals surface area contributed by atoms with Crippen LogP contribution in [0.5, 0.6) is 0 Å². The summed E-state index contributed by atoms with van der Waals surface area (Å²) in [4.78, 5) is 0. The zero-order valence-electron chi connectivity index (χ0n) is 12.0. The minimum absolute atomic E-state index is 0.889. The molecule has 1 heterocycles. The number of morpholine rings is 1. The van der Waals surface area contributed by atoms with Crippen molar-refractivity contribution < 1.29 is 13.7 Å². The van der Waals surface area contributed by atoms with Crippen LogP contribution in [0.3, 0.4) is 0 Å². The van der Waals surface area contributed by atoms with Gasteiger partial charge in [0.15, 0.2) is 0 Å². The van der Waals surface area contributed by atoms with Gasteiger partial charge in [0, 0.05) is 12.8 Å². The Balaban J connectivity index is 2.17. The lowest BCUT2D eigenvalue weighted by Gasteiger charge is -2.35. The van der Waals surface area contributed by atoms with Crippen LogP contribution in [0.1, 0.15) is 12.8 Å². The summed E-state index contributed by atoms with van der Waals surface area (Å²) in [6.45, 7) is 6.17. The Hall–Kier alpha value is -0.560. The second-order valence-electron chi connectivity index (χ2n) is 6.31. The molecule has 1 aliphatic rings. The van der Waals surface area contributed by atoms with Crippen LogP contribution in [0.15, 0.2) is 0 Å². The van der Waals surface area contributed by atoms with Gasteiger partial charge in [-0.05, 0) is 5.92 Å². The standard InChI is InChI=1S/C14H28N2O/c1-15(2,3)9-7-5-6-8-10-16(4)11-13-17-14-12-16/h5,7,9-14H2,1-4H3/q+2. The van der Waals surface area contributed by atoms with Crippen molar-refractivity contribution in [3.63, 3.8) is 0 Å². The van der Waals surface area contributed by atoms with Crippen molar-refractivity contribution in [3.8, 4) is 11.8 Å². The first kappa shape index (κ1) is 14.5. The van der Waals surface area contributed by atoms with Crippen molar-refractivity contribution in [1.82, 2.24) is 0 Å². The number of unbranched alkanes of at least 4 members (excludes halogenated alkanes) is 1. The van der Waals surface area contributed by atoms with Crippen molar-refractivity contribution in [2.75, 3.05) is 67.6 Å². The second kappa shape index (κ2) is 6.39. The molecule has 1 saturated heterocycles. The average Bonchev–Trinajstić information content (AvgIpc) is 2.23. The molecule has 1 fully saturated rings. The summed E-state index contributed by atoms with van der Waals surface area (Å²) in [5.74, 6) is 6.66. The molecule has 98 valence electrons. The number of rotatable bonds is 4. The largest absolute Gasteiger partial charge is 0.370 e. The number of hydrogen-bond acceptors (Lipinski definition) is 1. The van der Waals surface area contributed by atoms with Gasteiger partial charge in [0.05, 0.1) is 47.9 Å². The van der Waals surface area contributed by atoms with Gasteiger partial charge in [0.25, 0.3) is 0 Å². The van der Waals surface area contributed by atoms with Gasteiger partial charge in [-0.1, -0.05) is 5.92 Å². The molecule has 0 atom stereocenters. The van der Waals surface area contributed by atoms with Gasteiger partial charge in [0.2, 0.25) is 0 Å². The topological polar surface area (TPSA) is 9.23 Å². The fourth-order valence-corrected chi connectivity index (χ4v) is 1.92. The van der Waals surface area contributed by atoms with E-state index in [0.29, 0.717) is 0 Å². The van der Waals surface area contributed by atoms with E-state index in [1.54, 1.807) is 0 Å². The molecule has 3 nitrogen and oxygen atoms in total. The van der Waals surface area contributed by atoms with Gasteiger partial charge in [-0.25, -0.2) is 0 Å². The van der Waals surface area contributed by atoms with Crippen LogP contribution in [0.25, 0.3) is 0 Å². The van der Waals surface area contributed by atoms with Crippen molar-refractivity contribution >= 4 is 0 Å². The second-order valence-corrected chi connectivity index (χ2v) is 6.31. The summed E-state index contributed by atoms with van der Waals surface area (Å²) in [5, 5.41) is 0. The van der Waals surface area contributed by atoms with Crippen LogP contribution < -0.4 is 0 Å². The number of ether oxygens (including phenoxy) is 1. The fraction of sp³-hybridized carbons (Fsp3) is 0.857. The maximum atomic E-state index is 5.38. The van der Waals surface area contributed by atoms with Crippen LogP contribution in [0, 0.1) is 11.8 Å². The maximum Gasteiger partial charge on any atom is 0.140 e. The average molecular weight is 240 g/mol. The summed E-state index contributed by atoms with van der Waals surface area (Å²) < 4.78 is 7.47. The van der Waals surface area contributed by atoms with Crippen molar-refractivity contribution in [2.45, 2.75) is 12.8 Å². The van der Waals surface area contributed by atoms with E-state index in [1.165, 1.54) is 13.0 Å². The Labute approximate surface area is 107 Å². The lowest BCUT2D eigenvalue weighted by Crippen LogP contribution is -2.52. The molecule has 0 N–H and O–H groups in total. The molecule has 0 aromatic carbocycles. The molecule has 17 heavy (non-hydrogen) atoms. The first-order chi connectivity index (χ1) is 7.91. The van der Waals surface area contributed by atoms with E-state index in [9.17, 15) is 0 Å². The van der Waals surface area contributed by atoms with Crippen LogP contribution in [-0.4, -0.2) is 76.5 Å². The van der Waals surface area contributed by atoms with E-state index in [0.717, 1.165) is 48.2 Å². The van der Waals surface area contributed by atoms with E-state index >= 15 is 0 Å². The van der Waals surface area contributed by atoms with Gasteiger partial charge in [-0.2, -0.15) is 0 Å². The zero-order valence-corrected chi connectivity index (χ0v) is 12.0. The SMILES string of the molecule is C[N+](C)(C)CCCC#CC[N+]1(C)CCOCC1. The highest BCUT2D eigenvalue weighted by Gasteiger charge is 2.23. The number of quaternary nitrogens is 2. The van der Waals surface area contributed by atoms with Gasteiger partial charge in [0.1, 0.15) is 19.6 Å². The van der Waals surface area contributed by atoms with Crippen LogP contribution in [0.4, 0.5) is 0 Å². The van der Waals surface area contributed by atoms with Crippen LogP contribution >= 0.6 is 0 Å². The lowest BCUT2D eigenvalue weighted by molar-refractivity contribution is -0.910.